The number of rotatable bonds is 9. The fourth-order valence-corrected chi connectivity index (χ4v) is 4.74. The summed E-state index contributed by atoms with van der Waals surface area (Å²) in [6, 6.07) is 15.9. The summed E-state index contributed by atoms with van der Waals surface area (Å²) in [5, 5.41) is 15.1. The summed E-state index contributed by atoms with van der Waals surface area (Å²) in [4.78, 5) is 24.7. The summed E-state index contributed by atoms with van der Waals surface area (Å²) >= 11 is 2.80. The normalized spacial score (nSPS) is 15.5. The lowest BCUT2D eigenvalue weighted by Gasteiger charge is -2.08. The van der Waals surface area contributed by atoms with E-state index in [1.165, 1.54) is 23.1 Å². The molecule has 1 amide bonds. The molecule has 2 heterocycles. The number of ketones is 1. The number of hydrogen-bond acceptors (Lipinski definition) is 8. The molecule has 0 saturated carbocycles. The first-order chi connectivity index (χ1) is 15.2. The SMILES string of the molecule is O=C(CSc1nnc(NC[C@H]2CCCO2)s1)c1ccc(NC(=O)c2ccccc2)cc1. The zero-order valence-electron chi connectivity index (χ0n) is 16.7. The predicted molar refractivity (Wildman–Crippen MR) is 123 cm³/mol. The van der Waals surface area contributed by atoms with Gasteiger partial charge >= 0.3 is 0 Å². The van der Waals surface area contributed by atoms with Gasteiger partial charge in [-0.1, -0.05) is 41.3 Å². The Bertz CT molecular complexity index is 1020. The highest BCUT2D eigenvalue weighted by atomic mass is 32.2. The smallest absolute Gasteiger partial charge is 0.255 e. The Hall–Kier alpha value is -2.75. The van der Waals surface area contributed by atoms with Crippen molar-refractivity contribution in [1.82, 2.24) is 10.2 Å². The molecule has 4 rings (SSSR count). The Labute approximate surface area is 188 Å². The molecule has 1 aromatic heterocycles. The van der Waals surface area contributed by atoms with Crippen molar-refractivity contribution in [3.8, 4) is 0 Å². The summed E-state index contributed by atoms with van der Waals surface area (Å²) in [5.41, 5.74) is 1.82. The van der Waals surface area contributed by atoms with Gasteiger partial charge in [0.05, 0.1) is 11.9 Å². The average Bonchev–Trinajstić information content (AvgIpc) is 3.49. The van der Waals surface area contributed by atoms with Gasteiger partial charge in [-0.3, -0.25) is 9.59 Å². The molecule has 2 N–H and O–H groups in total. The summed E-state index contributed by atoms with van der Waals surface area (Å²) in [5.74, 6) is 0.0845. The Balaban J connectivity index is 1.24. The topological polar surface area (TPSA) is 93.2 Å². The van der Waals surface area contributed by atoms with Gasteiger partial charge in [-0.2, -0.15) is 0 Å². The molecule has 160 valence electrons. The zero-order chi connectivity index (χ0) is 21.5. The summed E-state index contributed by atoms with van der Waals surface area (Å²) in [6.45, 7) is 1.55. The minimum absolute atomic E-state index is 0.00463. The van der Waals surface area contributed by atoms with Crippen molar-refractivity contribution >= 4 is 45.6 Å². The monoisotopic (exact) mass is 454 g/mol. The lowest BCUT2D eigenvalue weighted by Crippen LogP contribution is -2.18. The molecule has 0 aliphatic carbocycles. The summed E-state index contributed by atoms with van der Waals surface area (Å²) < 4.78 is 6.33. The number of amides is 1. The van der Waals surface area contributed by atoms with Crippen LogP contribution >= 0.6 is 23.1 Å². The zero-order valence-corrected chi connectivity index (χ0v) is 18.4. The predicted octanol–water partition coefficient (Wildman–Crippen LogP) is 4.36. The van der Waals surface area contributed by atoms with Crippen LogP contribution in [-0.4, -0.2) is 46.9 Å². The fourth-order valence-electron chi connectivity index (χ4n) is 3.09. The van der Waals surface area contributed by atoms with Gasteiger partial charge in [0.1, 0.15) is 0 Å². The van der Waals surface area contributed by atoms with Gasteiger partial charge in [0.25, 0.3) is 5.91 Å². The fraction of sp³-hybridized carbons (Fsp3) is 0.273. The van der Waals surface area contributed by atoms with E-state index in [9.17, 15) is 9.59 Å². The summed E-state index contributed by atoms with van der Waals surface area (Å²) in [6.07, 6.45) is 2.41. The van der Waals surface area contributed by atoms with E-state index >= 15 is 0 Å². The maximum Gasteiger partial charge on any atom is 0.255 e. The first-order valence-electron chi connectivity index (χ1n) is 9.99. The number of thioether (sulfide) groups is 1. The maximum absolute atomic E-state index is 12.5. The number of nitrogens with zero attached hydrogens (tertiary/aromatic N) is 2. The van der Waals surface area contributed by atoms with Crippen molar-refractivity contribution in [2.24, 2.45) is 0 Å². The van der Waals surface area contributed by atoms with Gasteiger partial charge in [0, 0.05) is 30.0 Å². The van der Waals surface area contributed by atoms with Gasteiger partial charge in [-0.05, 0) is 49.2 Å². The molecular formula is C22H22N4O3S2. The van der Waals surface area contributed by atoms with E-state index in [-0.39, 0.29) is 23.5 Å². The van der Waals surface area contributed by atoms with E-state index in [1.54, 1.807) is 36.4 Å². The number of ether oxygens (including phenoxy) is 1. The van der Waals surface area contributed by atoms with Crippen molar-refractivity contribution in [3.63, 3.8) is 0 Å². The third-order valence-corrected chi connectivity index (χ3v) is 6.75. The van der Waals surface area contributed by atoms with Gasteiger partial charge < -0.3 is 15.4 Å². The molecule has 3 aromatic rings. The van der Waals surface area contributed by atoms with Crippen LogP contribution in [0.2, 0.25) is 0 Å². The van der Waals surface area contributed by atoms with Crippen molar-refractivity contribution in [2.45, 2.75) is 23.3 Å². The quantitative estimate of drug-likeness (QED) is 0.367. The lowest BCUT2D eigenvalue weighted by atomic mass is 10.1. The molecular weight excluding hydrogens is 432 g/mol. The van der Waals surface area contributed by atoms with Crippen LogP contribution in [0.4, 0.5) is 10.8 Å². The second-order valence-corrected chi connectivity index (χ2v) is 9.20. The number of nitrogens with one attached hydrogen (secondary N) is 2. The van der Waals surface area contributed by atoms with Crippen LogP contribution in [0.1, 0.15) is 33.6 Å². The number of carbonyl (C=O) groups is 2. The van der Waals surface area contributed by atoms with Crippen LogP contribution in [0.15, 0.2) is 58.9 Å². The Morgan fingerprint density at radius 2 is 1.87 bits per heavy atom. The molecule has 9 heteroatoms. The highest BCUT2D eigenvalue weighted by Crippen LogP contribution is 2.26. The first-order valence-corrected chi connectivity index (χ1v) is 11.8. The largest absolute Gasteiger partial charge is 0.376 e. The second kappa shape index (κ2) is 10.5. The van der Waals surface area contributed by atoms with E-state index in [4.69, 9.17) is 4.74 Å². The molecule has 1 atom stereocenters. The van der Waals surface area contributed by atoms with Gasteiger partial charge in [0.2, 0.25) is 5.13 Å². The van der Waals surface area contributed by atoms with Crippen LogP contribution in [-0.2, 0) is 4.74 Å². The number of anilines is 2. The molecule has 0 unspecified atom stereocenters. The number of hydrogen-bond donors (Lipinski definition) is 2. The van der Waals surface area contributed by atoms with Gasteiger partial charge in [-0.25, -0.2) is 0 Å². The van der Waals surface area contributed by atoms with Crippen LogP contribution in [0, 0.1) is 0 Å². The number of aromatic nitrogens is 2. The Morgan fingerprint density at radius 3 is 2.61 bits per heavy atom. The van der Waals surface area contributed by atoms with E-state index in [0.717, 1.165) is 35.5 Å². The molecule has 31 heavy (non-hydrogen) atoms. The maximum atomic E-state index is 12.5. The lowest BCUT2D eigenvalue weighted by molar-refractivity contribution is 0.101. The van der Waals surface area contributed by atoms with E-state index in [1.807, 2.05) is 18.2 Å². The minimum atomic E-state index is -0.185. The molecule has 0 spiro atoms. The number of carbonyl (C=O) groups excluding carboxylic acids is 2. The third kappa shape index (κ3) is 6.13. The molecule has 1 saturated heterocycles. The standard InChI is InChI=1S/C22H22N4O3S2/c27-19(14-30-22-26-25-21(31-22)23-13-18-7-4-12-29-18)15-8-10-17(11-9-15)24-20(28)16-5-2-1-3-6-16/h1-3,5-6,8-11,18H,4,7,12-14H2,(H,23,25)(H,24,28)/t18-/m1/s1. The minimum Gasteiger partial charge on any atom is -0.376 e. The van der Waals surface area contributed by atoms with Crippen LogP contribution < -0.4 is 10.6 Å². The first kappa shape index (κ1) is 21.5. The molecule has 0 bridgehead atoms. The van der Waals surface area contributed by atoms with Crippen LogP contribution in [0.3, 0.4) is 0 Å². The molecule has 1 aliphatic heterocycles. The number of benzene rings is 2. The van der Waals surface area contributed by atoms with E-state index in [2.05, 4.69) is 20.8 Å². The molecule has 0 radical (unpaired) electrons. The number of Topliss-reactive ketones (excluding diaryl/α,β-unsaturated/α-hetero) is 1. The third-order valence-electron chi connectivity index (χ3n) is 4.74. The molecule has 7 nitrogen and oxygen atoms in total. The highest BCUT2D eigenvalue weighted by molar-refractivity contribution is 8.01. The average molecular weight is 455 g/mol. The molecule has 1 fully saturated rings. The highest BCUT2D eigenvalue weighted by Gasteiger charge is 2.16. The Kier molecular flexibility index (Phi) is 7.29. The van der Waals surface area contributed by atoms with Crippen molar-refractivity contribution in [3.05, 3.63) is 65.7 Å². The van der Waals surface area contributed by atoms with Crippen LogP contribution in [0.25, 0.3) is 0 Å². The van der Waals surface area contributed by atoms with E-state index < -0.39 is 0 Å². The Morgan fingerprint density at radius 1 is 1.06 bits per heavy atom. The van der Waals surface area contributed by atoms with E-state index in [0.29, 0.717) is 16.8 Å². The van der Waals surface area contributed by atoms with Crippen molar-refractivity contribution in [2.75, 3.05) is 29.5 Å². The van der Waals surface area contributed by atoms with Gasteiger partial charge in [-0.15, -0.1) is 10.2 Å². The van der Waals surface area contributed by atoms with Crippen molar-refractivity contribution < 1.29 is 14.3 Å². The van der Waals surface area contributed by atoms with Crippen molar-refractivity contribution in [1.29, 1.82) is 0 Å². The second-order valence-electron chi connectivity index (χ2n) is 7.00. The molecule has 1 aliphatic rings. The van der Waals surface area contributed by atoms with Crippen LogP contribution in [0.5, 0.6) is 0 Å². The molecule has 2 aromatic carbocycles. The summed E-state index contributed by atoms with van der Waals surface area (Å²) in [7, 11) is 0. The van der Waals surface area contributed by atoms with Gasteiger partial charge in [0.15, 0.2) is 10.1 Å².